The van der Waals surface area contributed by atoms with Gasteiger partial charge in [0.15, 0.2) is 0 Å². The van der Waals surface area contributed by atoms with Crippen LogP contribution in [0.1, 0.15) is 26.5 Å². The second kappa shape index (κ2) is 6.18. The van der Waals surface area contributed by atoms with Crippen LogP contribution >= 0.6 is 0 Å². The molecule has 5 nitrogen and oxygen atoms in total. The molecule has 17 heavy (non-hydrogen) atoms. The lowest BCUT2D eigenvalue weighted by Gasteiger charge is -2.16. The molecule has 0 spiro atoms. The molecule has 5 heteroatoms. The monoisotopic (exact) mass is 236 g/mol. The second-order valence-electron chi connectivity index (χ2n) is 4.50. The van der Waals surface area contributed by atoms with E-state index in [4.69, 9.17) is 0 Å². The van der Waals surface area contributed by atoms with Gasteiger partial charge in [0.2, 0.25) is 5.91 Å². The summed E-state index contributed by atoms with van der Waals surface area (Å²) in [5.74, 6) is 1.08. The van der Waals surface area contributed by atoms with Crippen molar-refractivity contribution >= 4 is 11.7 Å². The Morgan fingerprint density at radius 1 is 1.29 bits per heavy atom. The maximum absolute atomic E-state index is 11.7. The Kier molecular flexibility index (Phi) is 4.87. The third-order valence-electron chi connectivity index (χ3n) is 2.31. The maximum Gasteiger partial charge on any atom is 0.242 e. The molecular formula is C12H20N4O. The minimum atomic E-state index is -0.316. The maximum atomic E-state index is 11.7. The van der Waals surface area contributed by atoms with Crippen molar-refractivity contribution in [3.63, 3.8) is 0 Å². The van der Waals surface area contributed by atoms with Gasteiger partial charge < -0.3 is 10.6 Å². The first-order chi connectivity index (χ1) is 8.00. The van der Waals surface area contributed by atoms with Gasteiger partial charge in [0.05, 0.1) is 5.69 Å². The summed E-state index contributed by atoms with van der Waals surface area (Å²) < 4.78 is 0. The Bertz CT molecular complexity index is 379. The zero-order valence-electron chi connectivity index (χ0n) is 10.8. The Hall–Kier alpha value is -1.65. The average molecular weight is 236 g/mol. The van der Waals surface area contributed by atoms with E-state index < -0.39 is 0 Å². The highest BCUT2D eigenvalue weighted by Crippen LogP contribution is 2.07. The van der Waals surface area contributed by atoms with Gasteiger partial charge in [-0.3, -0.25) is 9.78 Å². The molecule has 1 rings (SSSR count). The summed E-state index contributed by atoms with van der Waals surface area (Å²) in [5.41, 5.74) is 0.788. The van der Waals surface area contributed by atoms with Gasteiger partial charge in [0, 0.05) is 18.9 Å². The first kappa shape index (κ1) is 13.4. The number of nitrogens with zero attached hydrogens (tertiary/aromatic N) is 2. The van der Waals surface area contributed by atoms with Gasteiger partial charge >= 0.3 is 0 Å². The summed E-state index contributed by atoms with van der Waals surface area (Å²) in [6.07, 6.45) is 3.23. The quantitative estimate of drug-likeness (QED) is 0.810. The Morgan fingerprint density at radius 2 is 1.94 bits per heavy atom. The normalized spacial score (nSPS) is 12.3. The fraction of sp³-hybridized carbons (Fsp3) is 0.583. The predicted octanol–water partition coefficient (Wildman–Crippen LogP) is 1.36. The van der Waals surface area contributed by atoms with Crippen molar-refractivity contribution in [2.75, 3.05) is 11.9 Å². The molecule has 1 aromatic heterocycles. The number of hydrogen-bond acceptors (Lipinski definition) is 4. The molecule has 0 aliphatic carbocycles. The lowest BCUT2D eigenvalue weighted by atomic mass is 10.2. The predicted molar refractivity (Wildman–Crippen MR) is 67.7 cm³/mol. The fourth-order valence-electron chi connectivity index (χ4n) is 1.28. The highest BCUT2D eigenvalue weighted by atomic mass is 16.2. The van der Waals surface area contributed by atoms with E-state index in [0.29, 0.717) is 18.3 Å². The molecule has 1 unspecified atom stereocenters. The van der Waals surface area contributed by atoms with Crippen molar-refractivity contribution in [3.8, 4) is 0 Å². The van der Waals surface area contributed by atoms with Crippen LogP contribution in [0.4, 0.5) is 5.82 Å². The number of anilines is 1. The van der Waals surface area contributed by atoms with Crippen LogP contribution in [0, 0.1) is 12.8 Å². The van der Waals surface area contributed by atoms with Gasteiger partial charge in [0.25, 0.3) is 0 Å². The highest BCUT2D eigenvalue weighted by Gasteiger charge is 2.14. The lowest BCUT2D eigenvalue weighted by molar-refractivity contribution is -0.121. The second-order valence-corrected chi connectivity index (χ2v) is 4.50. The standard InChI is InChI=1S/C12H20N4O/c1-8(2)7-15-12(17)10(4)16-11-9(3)13-5-6-14-11/h5-6,8,10H,7H2,1-4H3,(H,14,16)(H,15,17). The number of amides is 1. The minimum absolute atomic E-state index is 0.0243. The van der Waals surface area contributed by atoms with E-state index in [9.17, 15) is 4.79 Å². The van der Waals surface area contributed by atoms with Crippen molar-refractivity contribution in [1.29, 1.82) is 0 Å². The topological polar surface area (TPSA) is 66.9 Å². The van der Waals surface area contributed by atoms with Crippen LogP contribution in [0.3, 0.4) is 0 Å². The number of carbonyl (C=O) groups is 1. The van der Waals surface area contributed by atoms with E-state index in [1.165, 1.54) is 0 Å². The molecule has 0 bridgehead atoms. The van der Waals surface area contributed by atoms with Crippen LogP contribution in [-0.2, 0) is 4.79 Å². The van der Waals surface area contributed by atoms with Gasteiger partial charge in [-0.15, -0.1) is 0 Å². The minimum Gasteiger partial charge on any atom is -0.357 e. The van der Waals surface area contributed by atoms with Gasteiger partial charge in [0.1, 0.15) is 11.9 Å². The zero-order chi connectivity index (χ0) is 12.8. The number of hydrogen-bond donors (Lipinski definition) is 2. The fourth-order valence-corrected chi connectivity index (χ4v) is 1.28. The first-order valence-electron chi connectivity index (χ1n) is 5.82. The molecule has 0 saturated carbocycles. The summed E-state index contributed by atoms with van der Waals surface area (Å²) in [4.78, 5) is 20.0. The van der Waals surface area contributed by atoms with E-state index in [-0.39, 0.29) is 11.9 Å². The largest absolute Gasteiger partial charge is 0.357 e. The van der Waals surface area contributed by atoms with Crippen molar-refractivity contribution in [2.45, 2.75) is 33.7 Å². The molecule has 1 amide bonds. The van der Waals surface area contributed by atoms with Crippen LogP contribution in [0.15, 0.2) is 12.4 Å². The van der Waals surface area contributed by atoms with Crippen molar-refractivity contribution in [2.24, 2.45) is 5.92 Å². The molecule has 0 fully saturated rings. The molecule has 0 aromatic carbocycles. The van der Waals surface area contributed by atoms with E-state index >= 15 is 0 Å². The highest BCUT2D eigenvalue weighted by molar-refractivity contribution is 5.83. The Balaban J connectivity index is 2.51. The summed E-state index contributed by atoms with van der Waals surface area (Å²) >= 11 is 0. The lowest BCUT2D eigenvalue weighted by Crippen LogP contribution is -2.39. The van der Waals surface area contributed by atoms with E-state index in [2.05, 4.69) is 34.4 Å². The molecular weight excluding hydrogens is 216 g/mol. The number of nitrogens with one attached hydrogen (secondary N) is 2. The summed E-state index contributed by atoms with van der Waals surface area (Å²) in [6, 6.07) is -0.316. The van der Waals surface area contributed by atoms with Crippen LogP contribution in [0.2, 0.25) is 0 Å². The summed E-state index contributed by atoms with van der Waals surface area (Å²) in [7, 11) is 0. The summed E-state index contributed by atoms with van der Waals surface area (Å²) in [6.45, 7) is 8.47. The number of rotatable bonds is 5. The Morgan fingerprint density at radius 3 is 2.53 bits per heavy atom. The smallest absolute Gasteiger partial charge is 0.242 e. The molecule has 1 aromatic rings. The van der Waals surface area contributed by atoms with Crippen LogP contribution in [-0.4, -0.2) is 28.5 Å². The van der Waals surface area contributed by atoms with E-state index in [1.807, 2.05) is 13.8 Å². The summed E-state index contributed by atoms with van der Waals surface area (Å²) in [5, 5.41) is 5.92. The van der Waals surface area contributed by atoms with Gasteiger partial charge in [-0.05, 0) is 19.8 Å². The molecule has 0 aliphatic heterocycles. The third kappa shape index (κ3) is 4.38. The van der Waals surface area contributed by atoms with Crippen LogP contribution < -0.4 is 10.6 Å². The van der Waals surface area contributed by atoms with Gasteiger partial charge in [-0.25, -0.2) is 4.98 Å². The zero-order valence-corrected chi connectivity index (χ0v) is 10.8. The van der Waals surface area contributed by atoms with Gasteiger partial charge in [-0.2, -0.15) is 0 Å². The first-order valence-corrected chi connectivity index (χ1v) is 5.82. The molecule has 1 heterocycles. The van der Waals surface area contributed by atoms with Crippen molar-refractivity contribution in [3.05, 3.63) is 18.1 Å². The third-order valence-corrected chi connectivity index (χ3v) is 2.31. The number of aryl methyl sites for hydroxylation is 1. The van der Waals surface area contributed by atoms with Gasteiger partial charge in [-0.1, -0.05) is 13.8 Å². The molecule has 0 aliphatic rings. The number of carbonyl (C=O) groups excluding carboxylic acids is 1. The Labute approximate surface area is 102 Å². The van der Waals surface area contributed by atoms with Crippen molar-refractivity contribution < 1.29 is 4.79 Å². The van der Waals surface area contributed by atoms with E-state index in [1.54, 1.807) is 12.4 Å². The average Bonchev–Trinajstić information content (AvgIpc) is 2.28. The van der Waals surface area contributed by atoms with E-state index in [0.717, 1.165) is 5.69 Å². The molecule has 0 saturated heterocycles. The van der Waals surface area contributed by atoms with Crippen molar-refractivity contribution in [1.82, 2.24) is 15.3 Å². The molecule has 0 radical (unpaired) electrons. The molecule has 1 atom stereocenters. The number of aromatic nitrogens is 2. The molecule has 2 N–H and O–H groups in total. The SMILES string of the molecule is Cc1nccnc1NC(C)C(=O)NCC(C)C. The van der Waals surface area contributed by atoms with Crippen LogP contribution in [0.25, 0.3) is 0 Å². The molecule has 94 valence electrons. The van der Waals surface area contributed by atoms with Crippen LogP contribution in [0.5, 0.6) is 0 Å².